The standard InChI is InChI=1S/C15H21N3O2/c1-19-9-7-16-11-14-12-17-18(13-14)8-10-20-15-5-3-2-4-6-15/h2-6,12-13,16H,7-11H2,1H3. The first kappa shape index (κ1) is 14.6. The quantitative estimate of drug-likeness (QED) is 0.708. The Kier molecular flexibility index (Phi) is 6.07. The van der Waals surface area contributed by atoms with Crippen LogP contribution in [0.5, 0.6) is 5.75 Å². The van der Waals surface area contributed by atoms with Crippen molar-refractivity contribution < 1.29 is 9.47 Å². The second-order valence-corrected chi connectivity index (χ2v) is 4.44. The van der Waals surface area contributed by atoms with Crippen molar-refractivity contribution in [2.45, 2.75) is 13.1 Å². The minimum Gasteiger partial charge on any atom is -0.492 e. The van der Waals surface area contributed by atoms with Crippen LogP contribution in [0, 0.1) is 0 Å². The third kappa shape index (κ3) is 5.03. The zero-order chi connectivity index (χ0) is 14.0. The van der Waals surface area contributed by atoms with Crippen LogP contribution in [0.1, 0.15) is 5.56 Å². The molecule has 0 atom stereocenters. The third-order valence-electron chi connectivity index (χ3n) is 2.83. The van der Waals surface area contributed by atoms with E-state index in [4.69, 9.17) is 9.47 Å². The molecule has 0 bridgehead atoms. The van der Waals surface area contributed by atoms with E-state index in [0.717, 1.165) is 32.0 Å². The number of hydrogen-bond acceptors (Lipinski definition) is 4. The second-order valence-electron chi connectivity index (χ2n) is 4.44. The van der Waals surface area contributed by atoms with E-state index >= 15 is 0 Å². The molecule has 5 nitrogen and oxygen atoms in total. The molecule has 0 aliphatic rings. The van der Waals surface area contributed by atoms with Crippen LogP contribution in [-0.2, 0) is 17.8 Å². The molecule has 1 aromatic carbocycles. The maximum absolute atomic E-state index is 5.64. The van der Waals surface area contributed by atoms with Crippen molar-refractivity contribution in [2.24, 2.45) is 0 Å². The third-order valence-corrected chi connectivity index (χ3v) is 2.83. The van der Waals surface area contributed by atoms with Crippen LogP contribution < -0.4 is 10.1 Å². The summed E-state index contributed by atoms with van der Waals surface area (Å²) in [6, 6.07) is 9.81. The summed E-state index contributed by atoms with van der Waals surface area (Å²) >= 11 is 0. The number of methoxy groups -OCH3 is 1. The van der Waals surface area contributed by atoms with Crippen molar-refractivity contribution in [3.05, 3.63) is 48.3 Å². The summed E-state index contributed by atoms with van der Waals surface area (Å²) in [6.07, 6.45) is 3.91. The second kappa shape index (κ2) is 8.35. The highest BCUT2D eigenvalue weighted by Crippen LogP contribution is 2.08. The van der Waals surface area contributed by atoms with E-state index in [-0.39, 0.29) is 0 Å². The maximum Gasteiger partial charge on any atom is 0.119 e. The van der Waals surface area contributed by atoms with Crippen LogP contribution in [0.25, 0.3) is 0 Å². The van der Waals surface area contributed by atoms with Gasteiger partial charge in [0.15, 0.2) is 0 Å². The molecule has 0 saturated carbocycles. The van der Waals surface area contributed by atoms with Crippen molar-refractivity contribution in [1.29, 1.82) is 0 Å². The molecule has 0 saturated heterocycles. The molecule has 20 heavy (non-hydrogen) atoms. The lowest BCUT2D eigenvalue weighted by Crippen LogP contribution is -2.18. The molecule has 0 unspecified atom stereocenters. The Morgan fingerprint density at radius 1 is 1.20 bits per heavy atom. The molecule has 0 amide bonds. The molecule has 0 spiro atoms. The number of nitrogens with zero attached hydrogens (tertiary/aromatic N) is 2. The summed E-state index contributed by atoms with van der Waals surface area (Å²) in [5.41, 5.74) is 1.17. The highest BCUT2D eigenvalue weighted by Gasteiger charge is 1.99. The van der Waals surface area contributed by atoms with E-state index in [9.17, 15) is 0 Å². The van der Waals surface area contributed by atoms with Gasteiger partial charge in [-0.2, -0.15) is 5.10 Å². The number of benzene rings is 1. The minimum atomic E-state index is 0.613. The first-order chi connectivity index (χ1) is 9.88. The first-order valence-electron chi connectivity index (χ1n) is 6.77. The SMILES string of the molecule is COCCNCc1cnn(CCOc2ccccc2)c1. The molecular formula is C15H21N3O2. The van der Waals surface area contributed by atoms with E-state index in [2.05, 4.69) is 10.4 Å². The summed E-state index contributed by atoms with van der Waals surface area (Å²) < 4.78 is 12.5. The van der Waals surface area contributed by atoms with Gasteiger partial charge in [-0.05, 0) is 12.1 Å². The zero-order valence-corrected chi connectivity index (χ0v) is 11.8. The normalized spacial score (nSPS) is 10.7. The summed E-state index contributed by atoms with van der Waals surface area (Å²) in [6.45, 7) is 3.73. The highest BCUT2D eigenvalue weighted by atomic mass is 16.5. The monoisotopic (exact) mass is 275 g/mol. The van der Waals surface area contributed by atoms with Crippen molar-refractivity contribution in [3.8, 4) is 5.75 Å². The lowest BCUT2D eigenvalue weighted by atomic mass is 10.3. The maximum atomic E-state index is 5.64. The molecule has 2 rings (SSSR count). The van der Waals surface area contributed by atoms with Crippen molar-refractivity contribution in [2.75, 3.05) is 26.9 Å². The molecule has 1 N–H and O–H groups in total. The topological polar surface area (TPSA) is 48.3 Å². The summed E-state index contributed by atoms with van der Waals surface area (Å²) in [4.78, 5) is 0. The molecule has 108 valence electrons. The van der Waals surface area contributed by atoms with E-state index < -0.39 is 0 Å². The smallest absolute Gasteiger partial charge is 0.119 e. The van der Waals surface area contributed by atoms with Gasteiger partial charge in [0.25, 0.3) is 0 Å². The average Bonchev–Trinajstić information content (AvgIpc) is 2.93. The molecule has 0 fully saturated rings. The number of rotatable bonds is 9. The Morgan fingerprint density at radius 3 is 2.85 bits per heavy atom. The first-order valence-corrected chi connectivity index (χ1v) is 6.77. The fraction of sp³-hybridized carbons (Fsp3) is 0.400. The van der Waals surface area contributed by atoms with Crippen LogP contribution in [0.3, 0.4) is 0 Å². The van der Waals surface area contributed by atoms with Gasteiger partial charge >= 0.3 is 0 Å². The van der Waals surface area contributed by atoms with Gasteiger partial charge in [-0.15, -0.1) is 0 Å². The van der Waals surface area contributed by atoms with Gasteiger partial charge in [-0.1, -0.05) is 18.2 Å². The summed E-state index contributed by atoms with van der Waals surface area (Å²) in [5.74, 6) is 0.890. The molecule has 2 aromatic rings. The van der Waals surface area contributed by atoms with Crippen molar-refractivity contribution in [1.82, 2.24) is 15.1 Å². The number of nitrogens with one attached hydrogen (secondary N) is 1. The van der Waals surface area contributed by atoms with Crippen LogP contribution >= 0.6 is 0 Å². The van der Waals surface area contributed by atoms with Crippen LogP contribution in [0.4, 0.5) is 0 Å². The molecule has 0 aliphatic carbocycles. The van der Waals surface area contributed by atoms with Crippen molar-refractivity contribution >= 4 is 0 Å². The van der Waals surface area contributed by atoms with Gasteiger partial charge in [0.2, 0.25) is 0 Å². The van der Waals surface area contributed by atoms with Crippen LogP contribution in [0.15, 0.2) is 42.7 Å². The molecule has 0 aliphatic heterocycles. The Balaban J connectivity index is 1.67. The van der Waals surface area contributed by atoms with Gasteiger partial charge < -0.3 is 14.8 Å². The molecule has 5 heteroatoms. The number of aromatic nitrogens is 2. The predicted molar refractivity (Wildman–Crippen MR) is 77.7 cm³/mol. The number of hydrogen-bond donors (Lipinski definition) is 1. The van der Waals surface area contributed by atoms with Crippen LogP contribution in [-0.4, -0.2) is 36.6 Å². The molecule has 0 radical (unpaired) electrons. The lowest BCUT2D eigenvalue weighted by Gasteiger charge is -2.05. The molecule has 1 heterocycles. The highest BCUT2D eigenvalue weighted by molar-refractivity contribution is 5.20. The van der Waals surface area contributed by atoms with Gasteiger partial charge in [0.05, 0.1) is 19.3 Å². The zero-order valence-electron chi connectivity index (χ0n) is 11.8. The number of para-hydroxylation sites is 1. The van der Waals surface area contributed by atoms with E-state index in [1.165, 1.54) is 5.56 Å². The van der Waals surface area contributed by atoms with Gasteiger partial charge in [-0.25, -0.2) is 0 Å². The Labute approximate surface area is 119 Å². The minimum absolute atomic E-state index is 0.613. The van der Waals surface area contributed by atoms with E-state index in [1.807, 2.05) is 47.4 Å². The van der Waals surface area contributed by atoms with Crippen LogP contribution in [0.2, 0.25) is 0 Å². The van der Waals surface area contributed by atoms with Crippen molar-refractivity contribution in [3.63, 3.8) is 0 Å². The largest absolute Gasteiger partial charge is 0.492 e. The van der Waals surface area contributed by atoms with Gasteiger partial charge in [0, 0.05) is 32.0 Å². The fourth-order valence-electron chi connectivity index (χ4n) is 1.80. The molecular weight excluding hydrogens is 254 g/mol. The predicted octanol–water partition coefficient (Wildman–Crippen LogP) is 1.70. The fourth-order valence-corrected chi connectivity index (χ4v) is 1.80. The number of ether oxygens (including phenoxy) is 2. The Hall–Kier alpha value is -1.85. The molecule has 1 aromatic heterocycles. The van der Waals surface area contributed by atoms with E-state index in [1.54, 1.807) is 7.11 Å². The van der Waals surface area contributed by atoms with E-state index in [0.29, 0.717) is 6.61 Å². The Bertz CT molecular complexity index is 485. The Morgan fingerprint density at radius 2 is 2.05 bits per heavy atom. The lowest BCUT2D eigenvalue weighted by molar-refractivity contribution is 0.199. The van der Waals surface area contributed by atoms with Gasteiger partial charge in [-0.3, -0.25) is 4.68 Å². The average molecular weight is 275 g/mol. The summed E-state index contributed by atoms with van der Waals surface area (Å²) in [5, 5.41) is 7.60. The summed E-state index contributed by atoms with van der Waals surface area (Å²) in [7, 11) is 1.70. The van der Waals surface area contributed by atoms with Gasteiger partial charge in [0.1, 0.15) is 12.4 Å².